The van der Waals surface area contributed by atoms with Gasteiger partial charge in [-0.1, -0.05) is 17.7 Å². The van der Waals surface area contributed by atoms with E-state index in [1.54, 1.807) is 36.3 Å². The van der Waals surface area contributed by atoms with Crippen molar-refractivity contribution in [1.82, 2.24) is 10.3 Å². The summed E-state index contributed by atoms with van der Waals surface area (Å²) in [7, 11) is 0. The molecule has 1 amide bonds. The number of rotatable bonds is 4. The Labute approximate surface area is 121 Å². The SMILES string of the molecule is CSc1ccc(Cl)c(C(=O)NCc2cccnc2)c1. The van der Waals surface area contributed by atoms with Crippen LogP contribution in [0.15, 0.2) is 47.6 Å². The van der Waals surface area contributed by atoms with Gasteiger partial charge in [-0.05, 0) is 36.1 Å². The Morgan fingerprint density at radius 2 is 2.26 bits per heavy atom. The summed E-state index contributed by atoms with van der Waals surface area (Å²) in [5, 5.41) is 3.29. The molecule has 5 heteroatoms. The maximum Gasteiger partial charge on any atom is 0.253 e. The third-order valence-corrected chi connectivity index (χ3v) is 3.65. The van der Waals surface area contributed by atoms with Crippen LogP contribution in [0, 0.1) is 0 Å². The Hall–Kier alpha value is -1.52. The molecule has 0 aliphatic carbocycles. The lowest BCUT2D eigenvalue weighted by Crippen LogP contribution is -2.23. The lowest BCUT2D eigenvalue weighted by molar-refractivity contribution is 0.0951. The highest BCUT2D eigenvalue weighted by Crippen LogP contribution is 2.22. The topological polar surface area (TPSA) is 42.0 Å². The summed E-state index contributed by atoms with van der Waals surface area (Å²) < 4.78 is 0. The molecule has 19 heavy (non-hydrogen) atoms. The molecule has 0 bridgehead atoms. The monoisotopic (exact) mass is 292 g/mol. The summed E-state index contributed by atoms with van der Waals surface area (Å²) in [4.78, 5) is 17.1. The first kappa shape index (κ1) is 13.9. The molecular formula is C14H13ClN2OS. The number of amides is 1. The fourth-order valence-corrected chi connectivity index (χ4v) is 2.23. The summed E-state index contributed by atoms with van der Waals surface area (Å²) in [6.07, 6.45) is 5.38. The molecule has 0 aliphatic heterocycles. The van der Waals surface area contributed by atoms with E-state index in [0.29, 0.717) is 17.1 Å². The number of pyridine rings is 1. The van der Waals surface area contributed by atoms with Crippen LogP contribution in [-0.4, -0.2) is 17.1 Å². The normalized spacial score (nSPS) is 10.2. The van der Waals surface area contributed by atoms with Crippen molar-refractivity contribution in [3.05, 3.63) is 58.9 Å². The van der Waals surface area contributed by atoms with E-state index in [1.165, 1.54) is 0 Å². The van der Waals surface area contributed by atoms with Crippen LogP contribution >= 0.6 is 23.4 Å². The van der Waals surface area contributed by atoms with Crippen molar-refractivity contribution in [1.29, 1.82) is 0 Å². The van der Waals surface area contributed by atoms with E-state index in [1.807, 2.05) is 24.5 Å². The summed E-state index contributed by atoms with van der Waals surface area (Å²) in [5.74, 6) is -0.176. The van der Waals surface area contributed by atoms with Gasteiger partial charge >= 0.3 is 0 Å². The van der Waals surface area contributed by atoms with Gasteiger partial charge in [-0.25, -0.2) is 0 Å². The predicted molar refractivity (Wildman–Crippen MR) is 78.6 cm³/mol. The summed E-state index contributed by atoms with van der Waals surface area (Å²) in [6, 6.07) is 9.18. The zero-order valence-corrected chi connectivity index (χ0v) is 12.0. The fraction of sp³-hybridized carbons (Fsp3) is 0.143. The van der Waals surface area contributed by atoms with E-state index in [2.05, 4.69) is 10.3 Å². The zero-order chi connectivity index (χ0) is 13.7. The molecule has 2 aromatic rings. The number of nitrogens with one attached hydrogen (secondary N) is 1. The van der Waals surface area contributed by atoms with Gasteiger partial charge in [-0.3, -0.25) is 9.78 Å². The van der Waals surface area contributed by atoms with Gasteiger partial charge in [0.15, 0.2) is 0 Å². The molecule has 0 saturated heterocycles. The molecule has 2 rings (SSSR count). The highest BCUT2D eigenvalue weighted by atomic mass is 35.5. The Bertz CT molecular complexity index is 575. The lowest BCUT2D eigenvalue weighted by atomic mass is 10.2. The van der Waals surface area contributed by atoms with E-state index in [9.17, 15) is 4.79 Å². The van der Waals surface area contributed by atoms with E-state index in [-0.39, 0.29) is 5.91 Å². The summed E-state index contributed by atoms with van der Waals surface area (Å²) in [5.41, 5.74) is 1.45. The molecular weight excluding hydrogens is 280 g/mol. The van der Waals surface area contributed by atoms with E-state index >= 15 is 0 Å². The van der Waals surface area contributed by atoms with E-state index in [4.69, 9.17) is 11.6 Å². The number of halogens is 1. The Morgan fingerprint density at radius 3 is 2.95 bits per heavy atom. The maximum atomic E-state index is 12.1. The number of nitrogens with zero attached hydrogens (tertiary/aromatic N) is 1. The average Bonchev–Trinajstić information content (AvgIpc) is 2.46. The average molecular weight is 293 g/mol. The smallest absolute Gasteiger partial charge is 0.253 e. The third kappa shape index (κ3) is 3.72. The van der Waals surface area contributed by atoms with Crippen LogP contribution in [0.1, 0.15) is 15.9 Å². The molecule has 0 radical (unpaired) electrons. The van der Waals surface area contributed by atoms with Crippen molar-refractivity contribution < 1.29 is 4.79 Å². The van der Waals surface area contributed by atoms with Gasteiger partial charge in [0.1, 0.15) is 0 Å². The van der Waals surface area contributed by atoms with Gasteiger partial charge in [0.2, 0.25) is 0 Å². The molecule has 3 nitrogen and oxygen atoms in total. The van der Waals surface area contributed by atoms with Gasteiger partial charge in [0.25, 0.3) is 5.91 Å². The lowest BCUT2D eigenvalue weighted by Gasteiger charge is -2.08. The number of thioether (sulfide) groups is 1. The minimum atomic E-state index is -0.176. The van der Waals surface area contributed by atoms with Crippen molar-refractivity contribution in [3.63, 3.8) is 0 Å². The molecule has 0 spiro atoms. The molecule has 0 atom stereocenters. The van der Waals surface area contributed by atoms with Crippen LogP contribution in [-0.2, 0) is 6.54 Å². The second kappa shape index (κ2) is 6.59. The number of benzene rings is 1. The Morgan fingerprint density at radius 1 is 1.42 bits per heavy atom. The molecule has 0 unspecified atom stereocenters. The molecule has 1 N–H and O–H groups in total. The van der Waals surface area contributed by atoms with Gasteiger partial charge in [-0.15, -0.1) is 11.8 Å². The highest BCUT2D eigenvalue weighted by molar-refractivity contribution is 7.98. The standard InChI is InChI=1S/C14H13ClN2OS/c1-19-11-4-5-13(15)12(7-11)14(18)17-9-10-3-2-6-16-8-10/h2-8H,9H2,1H3,(H,17,18). The highest BCUT2D eigenvalue weighted by Gasteiger charge is 2.10. The predicted octanol–water partition coefficient (Wildman–Crippen LogP) is 3.39. The van der Waals surface area contributed by atoms with Gasteiger partial charge in [0, 0.05) is 23.8 Å². The molecule has 0 saturated carbocycles. The first-order valence-electron chi connectivity index (χ1n) is 5.71. The van der Waals surface area contributed by atoms with Crippen molar-refractivity contribution in [2.75, 3.05) is 6.26 Å². The van der Waals surface area contributed by atoms with Gasteiger partial charge in [0.05, 0.1) is 10.6 Å². The number of hydrogen-bond acceptors (Lipinski definition) is 3. The zero-order valence-electron chi connectivity index (χ0n) is 10.4. The maximum absolute atomic E-state index is 12.1. The van der Waals surface area contributed by atoms with Crippen molar-refractivity contribution in [3.8, 4) is 0 Å². The number of aromatic nitrogens is 1. The first-order valence-corrected chi connectivity index (χ1v) is 7.31. The van der Waals surface area contributed by atoms with E-state index < -0.39 is 0 Å². The molecule has 1 aromatic carbocycles. The quantitative estimate of drug-likeness (QED) is 0.878. The van der Waals surface area contributed by atoms with Crippen molar-refractivity contribution in [2.45, 2.75) is 11.4 Å². The Kier molecular flexibility index (Phi) is 4.82. The molecule has 0 fully saturated rings. The minimum Gasteiger partial charge on any atom is -0.348 e. The van der Waals surface area contributed by atoms with Crippen molar-refractivity contribution in [2.24, 2.45) is 0 Å². The minimum absolute atomic E-state index is 0.176. The molecule has 1 aromatic heterocycles. The molecule has 98 valence electrons. The van der Waals surface area contributed by atoms with Gasteiger partial charge in [-0.2, -0.15) is 0 Å². The van der Waals surface area contributed by atoms with Crippen LogP contribution < -0.4 is 5.32 Å². The Balaban J connectivity index is 2.08. The molecule has 0 aliphatic rings. The number of carbonyl (C=O) groups excluding carboxylic acids is 1. The summed E-state index contributed by atoms with van der Waals surface area (Å²) in [6.45, 7) is 0.437. The van der Waals surface area contributed by atoms with E-state index in [0.717, 1.165) is 10.5 Å². The van der Waals surface area contributed by atoms with Crippen LogP contribution in [0.4, 0.5) is 0 Å². The second-order valence-corrected chi connectivity index (χ2v) is 5.18. The number of hydrogen-bond donors (Lipinski definition) is 1. The van der Waals surface area contributed by atoms with Gasteiger partial charge < -0.3 is 5.32 Å². The molecule has 1 heterocycles. The van der Waals surface area contributed by atoms with Crippen LogP contribution in [0.5, 0.6) is 0 Å². The van der Waals surface area contributed by atoms with Crippen LogP contribution in [0.2, 0.25) is 5.02 Å². The summed E-state index contributed by atoms with van der Waals surface area (Å²) >= 11 is 7.62. The van der Waals surface area contributed by atoms with Crippen LogP contribution in [0.25, 0.3) is 0 Å². The van der Waals surface area contributed by atoms with Crippen LogP contribution in [0.3, 0.4) is 0 Å². The third-order valence-electron chi connectivity index (χ3n) is 2.59. The fourth-order valence-electron chi connectivity index (χ4n) is 1.59. The van der Waals surface area contributed by atoms with Crippen molar-refractivity contribution >= 4 is 29.3 Å². The first-order chi connectivity index (χ1) is 9.20. The largest absolute Gasteiger partial charge is 0.348 e. The second-order valence-electron chi connectivity index (χ2n) is 3.89. The number of carbonyl (C=O) groups is 1.